The summed E-state index contributed by atoms with van der Waals surface area (Å²) in [5, 5.41) is 2.04. The van der Waals surface area contributed by atoms with Gasteiger partial charge in [-0.15, -0.1) is 0 Å². The maximum atomic E-state index is 13.3. The molecule has 0 fully saturated rings. The Hall–Kier alpha value is -3.07. The first-order valence-corrected chi connectivity index (χ1v) is 17.7. The van der Waals surface area contributed by atoms with E-state index in [0.29, 0.717) is 13.0 Å². The highest BCUT2D eigenvalue weighted by atomic mass is 32.2. The first-order chi connectivity index (χ1) is 20.0. The quantitative estimate of drug-likeness (QED) is 0.127. The van der Waals surface area contributed by atoms with Crippen molar-refractivity contribution in [2.45, 2.75) is 63.2 Å². The lowest BCUT2D eigenvalue weighted by molar-refractivity contribution is -0.109. The first-order valence-electron chi connectivity index (χ1n) is 14.4. The van der Waals surface area contributed by atoms with E-state index < -0.39 is 24.0 Å². The van der Waals surface area contributed by atoms with Crippen LogP contribution in [0, 0.1) is 6.92 Å². The van der Waals surface area contributed by atoms with E-state index >= 15 is 0 Å². The minimum absolute atomic E-state index is 0.120. The fourth-order valence-corrected chi connectivity index (χ4v) is 10.8. The summed E-state index contributed by atoms with van der Waals surface area (Å²) in [5.74, 6) is 0. The van der Waals surface area contributed by atoms with Crippen molar-refractivity contribution in [2.75, 3.05) is 13.2 Å². The van der Waals surface area contributed by atoms with Gasteiger partial charge in [0.05, 0.1) is 24.7 Å². The van der Waals surface area contributed by atoms with Crippen LogP contribution in [0.2, 0.25) is 5.04 Å². The summed E-state index contributed by atoms with van der Waals surface area (Å²) in [7, 11) is -6.93. The van der Waals surface area contributed by atoms with Crippen LogP contribution >= 0.6 is 0 Å². The van der Waals surface area contributed by atoms with Gasteiger partial charge in [-0.25, -0.2) is 0 Å². The average molecular weight is 603 g/mol. The molecule has 0 aromatic heterocycles. The summed E-state index contributed by atoms with van der Waals surface area (Å²) in [6.45, 7) is 10.8. The smallest absolute Gasteiger partial charge is 0.297 e. The third kappa shape index (κ3) is 7.28. The standard InChI is InChI=1S/C35H42O5SSi/c1-6-35(38-26-30-16-10-7-11-17-30,27-39-41(36,37)31-24-22-29(2)23-25-31)28-40-42(34(3,4)5,32-18-12-8-13-19-32)33-20-14-9-15-21-33/h7-25H,6,26-28H2,1-5H3. The van der Waals surface area contributed by atoms with E-state index in [1.165, 1.54) is 0 Å². The van der Waals surface area contributed by atoms with Crippen molar-refractivity contribution in [2.24, 2.45) is 0 Å². The van der Waals surface area contributed by atoms with Gasteiger partial charge >= 0.3 is 0 Å². The molecule has 0 saturated heterocycles. The SMILES string of the molecule is CCC(CO[Si](c1ccccc1)(c1ccccc1)C(C)(C)C)(COS(=O)(=O)c1ccc(C)cc1)OCc1ccccc1. The molecule has 5 nitrogen and oxygen atoms in total. The molecule has 4 aromatic rings. The molecule has 4 rings (SSSR count). The molecule has 0 aliphatic rings. The second-order valence-corrected chi connectivity index (χ2v) is 17.7. The highest BCUT2D eigenvalue weighted by Gasteiger charge is 2.51. The molecule has 0 saturated carbocycles. The normalized spacial score (nSPS) is 13.9. The molecule has 1 unspecified atom stereocenters. The average Bonchev–Trinajstić information content (AvgIpc) is 3.00. The van der Waals surface area contributed by atoms with E-state index in [-0.39, 0.29) is 23.1 Å². The fraction of sp³-hybridized carbons (Fsp3) is 0.314. The molecule has 0 N–H and O–H groups in total. The van der Waals surface area contributed by atoms with Crippen LogP contribution in [0.25, 0.3) is 0 Å². The number of benzene rings is 4. The van der Waals surface area contributed by atoms with Crippen LogP contribution in [0.1, 0.15) is 45.2 Å². The van der Waals surface area contributed by atoms with Crippen LogP contribution in [-0.4, -0.2) is 35.6 Å². The first kappa shape index (κ1) is 31.9. The lowest BCUT2D eigenvalue weighted by Crippen LogP contribution is -2.68. The number of hydrogen-bond acceptors (Lipinski definition) is 5. The lowest BCUT2D eigenvalue weighted by Gasteiger charge is -2.45. The summed E-state index contributed by atoms with van der Waals surface area (Å²) in [6, 6.07) is 37.3. The van der Waals surface area contributed by atoms with Crippen LogP contribution in [-0.2, 0) is 30.1 Å². The highest BCUT2D eigenvalue weighted by Crippen LogP contribution is 2.38. The van der Waals surface area contributed by atoms with Gasteiger partial charge < -0.3 is 9.16 Å². The summed E-state index contributed by atoms with van der Waals surface area (Å²) in [5.41, 5.74) is 0.935. The number of ether oxygens (including phenoxy) is 1. The minimum Gasteiger partial charge on any atom is -0.404 e. The molecule has 0 radical (unpaired) electrons. The second-order valence-electron chi connectivity index (χ2n) is 11.8. The molecule has 42 heavy (non-hydrogen) atoms. The number of hydrogen-bond donors (Lipinski definition) is 0. The van der Waals surface area contributed by atoms with Crippen LogP contribution in [0.4, 0.5) is 0 Å². The van der Waals surface area contributed by atoms with E-state index in [1.807, 2.05) is 80.6 Å². The Balaban J connectivity index is 1.73. The zero-order valence-electron chi connectivity index (χ0n) is 25.2. The maximum Gasteiger partial charge on any atom is 0.297 e. The zero-order valence-corrected chi connectivity index (χ0v) is 27.1. The predicted octanol–water partition coefficient (Wildman–Crippen LogP) is 6.64. The highest BCUT2D eigenvalue weighted by molar-refractivity contribution is 7.86. The Morgan fingerprint density at radius 1 is 0.690 bits per heavy atom. The Bertz CT molecular complexity index is 1460. The molecule has 1 atom stereocenters. The van der Waals surface area contributed by atoms with Gasteiger partial charge in [0.2, 0.25) is 0 Å². The Kier molecular flexibility index (Phi) is 10.2. The predicted molar refractivity (Wildman–Crippen MR) is 172 cm³/mol. The van der Waals surface area contributed by atoms with Gasteiger partial charge in [0.25, 0.3) is 18.4 Å². The summed E-state index contributed by atoms with van der Waals surface area (Å²) >= 11 is 0. The molecule has 0 heterocycles. The Morgan fingerprint density at radius 3 is 1.67 bits per heavy atom. The molecule has 4 aromatic carbocycles. The summed E-state index contributed by atoms with van der Waals surface area (Å²) in [6.07, 6.45) is 0.488. The summed E-state index contributed by atoms with van der Waals surface area (Å²) < 4.78 is 46.1. The van der Waals surface area contributed by atoms with E-state index in [2.05, 4.69) is 45.0 Å². The number of aryl methyl sites for hydroxylation is 1. The lowest BCUT2D eigenvalue weighted by atomic mass is 10.0. The van der Waals surface area contributed by atoms with Gasteiger partial charge in [-0.3, -0.25) is 4.18 Å². The van der Waals surface area contributed by atoms with Crippen molar-refractivity contribution in [3.8, 4) is 0 Å². The Labute approximate surface area is 252 Å². The van der Waals surface area contributed by atoms with Crippen LogP contribution < -0.4 is 10.4 Å². The van der Waals surface area contributed by atoms with Gasteiger partial charge in [-0.2, -0.15) is 8.42 Å². The van der Waals surface area contributed by atoms with Gasteiger partial charge in [0.1, 0.15) is 5.60 Å². The van der Waals surface area contributed by atoms with Crippen molar-refractivity contribution >= 4 is 28.8 Å². The van der Waals surface area contributed by atoms with E-state index in [4.69, 9.17) is 13.3 Å². The van der Waals surface area contributed by atoms with Crippen molar-refractivity contribution in [3.05, 3.63) is 126 Å². The molecule has 0 amide bonds. The minimum atomic E-state index is -4.01. The van der Waals surface area contributed by atoms with Crippen molar-refractivity contribution in [3.63, 3.8) is 0 Å². The summed E-state index contributed by atoms with van der Waals surface area (Å²) in [4.78, 5) is 0.120. The molecular formula is C35H42O5SSi. The Morgan fingerprint density at radius 2 is 1.19 bits per heavy atom. The van der Waals surface area contributed by atoms with Crippen LogP contribution in [0.3, 0.4) is 0 Å². The largest absolute Gasteiger partial charge is 0.404 e. The van der Waals surface area contributed by atoms with Gasteiger partial charge in [0.15, 0.2) is 0 Å². The van der Waals surface area contributed by atoms with Crippen molar-refractivity contribution in [1.29, 1.82) is 0 Å². The monoisotopic (exact) mass is 602 g/mol. The molecule has 7 heteroatoms. The molecule has 0 bridgehead atoms. The maximum absolute atomic E-state index is 13.3. The van der Waals surface area contributed by atoms with E-state index in [0.717, 1.165) is 21.5 Å². The van der Waals surface area contributed by atoms with Crippen LogP contribution in [0.15, 0.2) is 120 Å². The zero-order chi connectivity index (χ0) is 30.3. The van der Waals surface area contributed by atoms with Crippen LogP contribution in [0.5, 0.6) is 0 Å². The van der Waals surface area contributed by atoms with E-state index in [9.17, 15) is 8.42 Å². The van der Waals surface area contributed by atoms with Crippen molar-refractivity contribution in [1.82, 2.24) is 0 Å². The molecular weight excluding hydrogens is 561 g/mol. The molecule has 222 valence electrons. The number of rotatable bonds is 13. The van der Waals surface area contributed by atoms with Crippen molar-refractivity contribution < 1.29 is 21.8 Å². The van der Waals surface area contributed by atoms with E-state index in [1.54, 1.807) is 24.3 Å². The topological polar surface area (TPSA) is 61.8 Å². The fourth-order valence-electron chi connectivity index (χ4n) is 5.20. The second kappa shape index (κ2) is 13.5. The van der Waals surface area contributed by atoms with Gasteiger partial charge in [0, 0.05) is 0 Å². The molecule has 0 spiro atoms. The van der Waals surface area contributed by atoms with Gasteiger partial charge in [-0.05, 0) is 46.5 Å². The third-order valence-electron chi connectivity index (χ3n) is 7.79. The third-order valence-corrected chi connectivity index (χ3v) is 14.0. The molecule has 0 aliphatic heterocycles. The van der Waals surface area contributed by atoms with Gasteiger partial charge in [-0.1, -0.05) is 136 Å². The molecule has 0 aliphatic carbocycles.